The van der Waals surface area contributed by atoms with Gasteiger partial charge in [-0.3, -0.25) is 10.1 Å². The third-order valence-corrected chi connectivity index (χ3v) is 2.23. The SMILES string of the molecule is O=[N+]([O-])C1COc2ccc(O)cc2C1. The van der Waals surface area contributed by atoms with E-state index in [2.05, 4.69) is 0 Å². The Balaban J connectivity index is 2.29. The first-order valence-electron chi connectivity index (χ1n) is 4.25. The minimum atomic E-state index is -0.704. The second kappa shape index (κ2) is 3.17. The van der Waals surface area contributed by atoms with Crippen molar-refractivity contribution in [1.29, 1.82) is 0 Å². The molecule has 0 aliphatic carbocycles. The number of hydrogen-bond acceptors (Lipinski definition) is 4. The lowest BCUT2D eigenvalue weighted by Gasteiger charge is -2.19. The van der Waals surface area contributed by atoms with Crippen molar-refractivity contribution in [3.05, 3.63) is 33.9 Å². The fourth-order valence-electron chi connectivity index (χ4n) is 1.50. The smallest absolute Gasteiger partial charge is 0.250 e. The Bertz CT molecular complexity index is 377. The van der Waals surface area contributed by atoms with Gasteiger partial charge in [0.2, 0.25) is 0 Å². The van der Waals surface area contributed by atoms with Crippen LogP contribution in [-0.2, 0) is 6.42 Å². The molecule has 1 unspecified atom stereocenters. The highest BCUT2D eigenvalue weighted by molar-refractivity contribution is 5.41. The molecule has 0 aromatic heterocycles. The van der Waals surface area contributed by atoms with E-state index in [1.165, 1.54) is 12.1 Å². The summed E-state index contributed by atoms with van der Waals surface area (Å²) in [6.07, 6.45) is 0.316. The van der Waals surface area contributed by atoms with Crippen molar-refractivity contribution in [2.24, 2.45) is 0 Å². The Hall–Kier alpha value is -1.78. The number of rotatable bonds is 1. The van der Waals surface area contributed by atoms with Gasteiger partial charge in [0, 0.05) is 16.9 Å². The van der Waals surface area contributed by atoms with Crippen LogP contribution < -0.4 is 4.74 Å². The van der Waals surface area contributed by atoms with Crippen LogP contribution in [0.15, 0.2) is 18.2 Å². The quantitative estimate of drug-likeness (QED) is 0.535. The van der Waals surface area contributed by atoms with Crippen LogP contribution in [0, 0.1) is 10.1 Å². The minimum absolute atomic E-state index is 0.102. The minimum Gasteiger partial charge on any atom is -0.508 e. The van der Waals surface area contributed by atoms with E-state index in [0.717, 1.165) is 0 Å². The second-order valence-corrected chi connectivity index (χ2v) is 3.25. The zero-order valence-corrected chi connectivity index (χ0v) is 7.34. The van der Waals surface area contributed by atoms with Gasteiger partial charge in [0.05, 0.1) is 0 Å². The molecule has 2 rings (SSSR count). The maximum absolute atomic E-state index is 10.5. The average molecular weight is 195 g/mol. The normalized spacial score (nSPS) is 19.6. The molecule has 14 heavy (non-hydrogen) atoms. The molecule has 0 saturated heterocycles. The maximum Gasteiger partial charge on any atom is 0.250 e. The van der Waals surface area contributed by atoms with Crippen LogP contribution in [0.1, 0.15) is 5.56 Å². The van der Waals surface area contributed by atoms with E-state index in [4.69, 9.17) is 4.74 Å². The van der Waals surface area contributed by atoms with E-state index < -0.39 is 6.04 Å². The lowest BCUT2D eigenvalue weighted by Crippen LogP contribution is -2.32. The van der Waals surface area contributed by atoms with E-state index in [9.17, 15) is 15.2 Å². The van der Waals surface area contributed by atoms with Crippen molar-refractivity contribution in [3.63, 3.8) is 0 Å². The second-order valence-electron chi connectivity index (χ2n) is 3.25. The fraction of sp³-hybridized carbons (Fsp3) is 0.333. The summed E-state index contributed by atoms with van der Waals surface area (Å²) in [6, 6.07) is 3.93. The number of ether oxygens (including phenoxy) is 1. The molecule has 0 bridgehead atoms. The number of nitrogens with zero attached hydrogens (tertiary/aromatic N) is 1. The molecule has 0 fully saturated rings. The van der Waals surface area contributed by atoms with Crippen molar-refractivity contribution < 1.29 is 14.8 Å². The summed E-state index contributed by atoms with van der Waals surface area (Å²) in [6.45, 7) is 0.102. The number of aromatic hydroxyl groups is 1. The van der Waals surface area contributed by atoms with Gasteiger partial charge in [-0.15, -0.1) is 0 Å². The lowest BCUT2D eigenvalue weighted by atomic mass is 10.0. The van der Waals surface area contributed by atoms with Gasteiger partial charge >= 0.3 is 0 Å². The summed E-state index contributed by atoms with van der Waals surface area (Å²) in [5.41, 5.74) is 0.693. The molecule has 0 spiro atoms. The van der Waals surface area contributed by atoms with Gasteiger partial charge in [-0.1, -0.05) is 0 Å². The predicted octanol–water partition coefficient (Wildman–Crippen LogP) is 0.972. The first kappa shape index (κ1) is 8.80. The Morgan fingerprint density at radius 3 is 3.07 bits per heavy atom. The molecule has 1 aromatic carbocycles. The van der Waals surface area contributed by atoms with Crippen molar-refractivity contribution in [2.45, 2.75) is 12.5 Å². The van der Waals surface area contributed by atoms with Gasteiger partial charge in [0.25, 0.3) is 6.04 Å². The lowest BCUT2D eigenvalue weighted by molar-refractivity contribution is -0.525. The zero-order chi connectivity index (χ0) is 10.1. The standard InChI is InChI=1S/C9H9NO4/c11-8-1-2-9-6(4-8)3-7(5-14-9)10(12)13/h1-2,4,7,11H,3,5H2. The highest BCUT2D eigenvalue weighted by atomic mass is 16.6. The summed E-state index contributed by atoms with van der Waals surface area (Å²) >= 11 is 0. The first-order chi connectivity index (χ1) is 6.66. The molecule has 0 amide bonds. The van der Waals surface area contributed by atoms with Crippen LogP contribution in [0.5, 0.6) is 11.5 Å². The van der Waals surface area contributed by atoms with E-state index in [-0.39, 0.29) is 17.3 Å². The van der Waals surface area contributed by atoms with Crippen molar-refractivity contribution in [1.82, 2.24) is 0 Å². The largest absolute Gasteiger partial charge is 0.508 e. The Kier molecular flexibility index (Phi) is 1.99. The van der Waals surface area contributed by atoms with Crippen LogP contribution in [0.4, 0.5) is 0 Å². The Labute approximate surface area is 80.1 Å². The average Bonchev–Trinajstić information content (AvgIpc) is 2.16. The number of hydrogen-bond donors (Lipinski definition) is 1. The predicted molar refractivity (Wildman–Crippen MR) is 48.1 cm³/mol. The van der Waals surface area contributed by atoms with Gasteiger partial charge < -0.3 is 9.84 Å². The molecule has 1 aliphatic rings. The van der Waals surface area contributed by atoms with Gasteiger partial charge in [-0.25, -0.2) is 0 Å². The first-order valence-corrected chi connectivity index (χ1v) is 4.25. The Morgan fingerprint density at radius 2 is 2.36 bits per heavy atom. The van der Waals surface area contributed by atoms with Gasteiger partial charge in [0.15, 0.2) is 6.61 Å². The molecule has 1 heterocycles. The highest BCUT2D eigenvalue weighted by Gasteiger charge is 2.28. The maximum atomic E-state index is 10.5. The molecular weight excluding hydrogens is 186 g/mol. The molecule has 1 aromatic rings. The van der Waals surface area contributed by atoms with E-state index in [0.29, 0.717) is 17.7 Å². The topological polar surface area (TPSA) is 72.6 Å². The number of phenols is 1. The molecular formula is C9H9NO4. The van der Waals surface area contributed by atoms with Gasteiger partial charge in [-0.05, 0) is 18.2 Å². The van der Waals surface area contributed by atoms with Crippen molar-refractivity contribution in [3.8, 4) is 11.5 Å². The van der Waals surface area contributed by atoms with E-state index >= 15 is 0 Å². The van der Waals surface area contributed by atoms with Crippen LogP contribution in [0.2, 0.25) is 0 Å². The number of phenolic OH excluding ortho intramolecular Hbond substituents is 1. The summed E-state index contributed by atoms with van der Waals surface area (Å²) in [5.74, 6) is 0.734. The highest BCUT2D eigenvalue weighted by Crippen LogP contribution is 2.28. The molecule has 0 radical (unpaired) electrons. The van der Waals surface area contributed by atoms with E-state index in [1.807, 2.05) is 0 Å². The molecule has 0 saturated carbocycles. The summed E-state index contributed by atoms with van der Waals surface area (Å²) in [5, 5.41) is 19.7. The van der Waals surface area contributed by atoms with Crippen molar-refractivity contribution in [2.75, 3.05) is 6.61 Å². The molecule has 1 aliphatic heterocycles. The molecule has 74 valence electrons. The van der Waals surface area contributed by atoms with Crippen LogP contribution in [0.3, 0.4) is 0 Å². The van der Waals surface area contributed by atoms with Crippen LogP contribution >= 0.6 is 0 Å². The summed E-state index contributed by atoms with van der Waals surface area (Å²) in [4.78, 5) is 10.2. The monoisotopic (exact) mass is 195 g/mol. The molecule has 1 atom stereocenters. The van der Waals surface area contributed by atoms with Crippen molar-refractivity contribution >= 4 is 0 Å². The van der Waals surface area contributed by atoms with Gasteiger partial charge in [-0.2, -0.15) is 0 Å². The molecule has 1 N–H and O–H groups in total. The number of fused-ring (bicyclic) bond motifs is 1. The third-order valence-electron chi connectivity index (χ3n) is 2.23. The number of nitro groups is 1. The van der Waals surface area contributed by atoms with E-state index in [1.54, 1.807) is 6.07 Å². The molecule has 5 heteroatoms. The third kappa shape index (κ3) is 1.48. The number of benzene rings is 1. The van der Waals surface area contributed by atoms with Gasteiger partial charge in [0.1, 0.15) is 11.5 Å². The molecule has 5 nitrogen and oxygen atoms in total. The summed E-state index contributed by atoms with van der Waals surface area (Å²) < 4.78 is 5.20. The van der Waals surface area contributed by atoms with Crippen LogP contribution in [0.25, 0.3) is 0 Å². The Morgan fingerprint density at radius 1 is 1.57 bits per heavy atom. The summed E-state index contributed by atoms with van der Waals surface area (Å²) in [7, 11) is 0. The van der Waals surface area contributed by atoms with Crippen LogP contribution in [-0.4, -0.2) is 22.7 Å². The fourth-order valence-corrected chi connectivity index (χ4v) is 1.50. The zero-order valence-electron chi connectivity index (χ0n) is 7.34.